The predicted octanol–water partition coefficient (Wildman–Crippen LogP) is 1.37. The van der Waals surface area contributed by atoms with Gasteiger partial charge in [-0.25, -0.2) is 0 Å². The van der Waals surface area contributed by atoms with E-state index in [4.69, 9.17) is 4.74 Å². The zero-order valence-electron chi connectivity index (χ0n) is 16.6. The molecule has 2 saturated heterocycles. The van der Waals surface area contributed by atoms with E-state index in [0.717, 1.165) is 49.9 Å². The van der Waals surface area contributed by atoms with E-state index in [1.165, 1.54) is 6.42 Å². The summed E-state index contributed by atoms with van der Waals surface area (Å²) in [6.07, 6.45) is 2.32. The molecule has 0 radical (unpaired) electrons. The van der Waals surface area contributed by atoms with Crippen LogP contribution in [0.1, 0.15) is 18.4 Å². The average molecular weight is 374 g/mol. The van der Waals surface area contributed by atoms with Crippen LogP contribution >= 0.6 is 0 Å². The summed E-state index contributed by atoms with van der Waals surface area (Å²) in [5.74, 6) is 0.919. The highest BCUT2D eigenvalue weighted by molar-refractivity contribution is 5.92. The van der Waals surface area contributed by atoms with Crippen molar-refractivity contribution in [3.63, 3.8) is 0 Å². The van der Waals surface area contributed by atoms with Crippen molar-refractivity contribution in [1.29, 1.82) is 0 Å². The molecule has 2 aliphatic heterocycles. The van der Waals surface area contributed by atoms with Crippen LogP contribution < -0.4 is 10.6 Å². The number of guanidine groups is 1. The second kappa shape index (κ2) is 8.71. The molecule has 1 aromatic carbocycles. The Hall–Kier alpha value is -2.12. The molecule has 1 unspecified atom stereocenters. The topological polar surface area (TPSA) is 69.2 Å². The minimum absolute atomic E-state index is 0.0120. The fourth-order valence-electron chi connectivity index (χ4n) is 3.85. The number of benzene rings is 1. The van der Waals surface area contributed by atoms with Gasteiger partial charge in [0.05, 0.1) is 13.2 Å². The van der Waals surface area contributed by atoms with E-state index in [9.17, 15) is 4.79 Å². The summed E-state index contributed by atoms with van der Waals surface area (Å²) in [6, 6.07) is 7.93. The number of hydrogen-bond donors (Lipinski definition) is 2. The van der Waals surface area contributed by atoms with Gasteiger partial charge in [-0.05, 0) is 44.6 Å². The number of ether oxygens (including phenoxy) is 1. The molecule has 2 aliphatic rings. The Kier molecular flexibility index (Phi) is 6.34. The number of rotatable bonds is 5. The third-order valence-electron chi connectivity index (χ3n) is 5.26. The number of hydrogen-bond acceptors (Lipinski definition) is 4. The Labute approximate surface area is 161 Å². The minimum atomic E-state index is -0.0120. The lowest BCUT2D eigenvalue weighted by atomic mass is 9.87. The van der Waals surface area contributed by atoms with Crippen LogP contribution in [-0.2, 0) is 16.1 Å². The molecule has 0 aromatic heterocycles. The van der Waals surface area contributed by atoms with Crippen LogP contribution in [-0.4, -0.2) is 75.7 Å². The Morgan fingerprint density at radius 2 is 2.22 bits per heavy atom. The van der Waals surface area contributed by atoms with Crippen LogP contribution in [0.5, 0.6) is 0 Å². The van der Waals surface area contributed by atoms with Gasteiger partial charge in [-0.15, -0.1) is 0 Å². The van der Waals surface area contributed by atoms with Gasteiger partial charge in [0.25, 0.3) is 0 Å². The largest absolute Gasteiger partial charge is 0.381 e. The third-order valence-corrected chi connectivity index (χ3v) is 5.26. The molecule has 7 nitrogen and oxygen atoms in total. The minimum Gasteiger partial charge on any atom is -0.381 e. The number of carbonyl (C=O) groups excluding carboxylic acids is 1. The first kappa shape index (κ1) is 19.6. The zero-order chi connectivity index (χ0) is 19.3. The van der Waals surface area contributed by atoms with E-state index < -0.39 is 0 Å². The fraction of sp³-hybridized carbons (Fsp3) is 0.600. The molecule has 148 valence electrons. The van der Waals surface area contributed by atoms with Crippen LogP contribution in [0.25, 0.3) is 0 Å². The number of amides is 1. The average Bonchev–Trinajstić information content (AvgIpc) is 3.25. The van der Waals surface area contributed by atoms with Gasteiger partial charge in [0.1, 0.15) is 0 Å². The maximum atomic E-state index is 11.9. The second-order valence-corrected chi connectivity index (χ2v) is 7.86. The fourth-order valence-corrected chi connectivity index (χ4v) is 3.85. The van der Waals surface area contributed by atoms with Crippen molar-refractivity contribution in [1.82, 2.24) is 15.1 Å². The van der Waals surface area contributed by atoms with Crippen molar-refractivity contribution >= 4 is 17.6 Å². The summed E-state index contributed by atoms with van der Waals surface area (Å²) >= 11 is 0. The van der Waals surface area contributed by atoms with Crippen LogP contribution in [0.15, 0.2) is 29.3 Å². The molecule has 2 heterocycles. The zero-order valence-corrected chi connectivity index (χ0v) is 16.6. The molecular weight excluding hydrogens is 342 g/mol. The van der Waals surface area contributed by atoms with Crippen molar-refractivity contribution in [2.75, 3.05) is 59.3 Å². The van der Waals surface area contributed by atoms with Crippen LogP contribution in [0.4, 0.5) is 5.69 Å². The summed E-state index contributed by atoms with van der Waals surface area (Å²) in [6.45, 7) is 4.82. The van der Waals surface area contributed by atoms with Crippen molar-refractivity contribution in [3.05, 3.63) is 29.8 Å². The molecule has 1 aromatic rings. The van der Waals surface area contributed by atoms with Crippen LogP contribution in [0.2, 0.25) is 0 Å². The lowest BCUT2D eigenvalue weighted by Gasteiger charge is -2.25. The molecule has 2 fully saturated rings. The first-order valence-corrected chi connectivity index (χ1v) is 9.57. The lowest BCUT2D eigenvalue weighted by molar-refractivity contribution is -0.116. The molecule has 0 bridgehead atoms. The van der Waals surface area contributed by atoms with Crippen molar-refractivity contribution in [2.45, 2.75) is 19.4 Å². The molecule has 1 atom stereocenters. The Morgan fingerprint density at radius 3 is 2.93 bits per heavy atom. The number of anilines is 1. The van der Waals surface area contributed by atoms with E-state index in [1.54, 1.807) is 0 Å². The van der Waals surface area contributed by atoms with Gasteiger partial charge >= 0.3 is 0 Å². The summed E-state index contributed by atoms with van der Waals surface area (Å²) in [5, 5.41) is 6.40. The highest BCUT2D eigenvalue weighted by Gasteiger charge is 2.42. The summed E-state index contributed by atoms with van der Waals surface area (Å²) in [5.41, 5.74) is 2.24. The van der Waals surface area contributed by atoms with Crippen molar-refractivity contribution in [2.24, 2.45) is 10.4 Å². The quantitative estimate of drug-likeness (QED) is 0.603. The molecule has 7 heteroatoms. The number of aliphatic imine (C=N–C) groups is 1. The summed E-state index contributed by atoms with van der Waals surface area (Å²) in [4.78, 5) is 20.6. The van der Waals surface area contributed by atoms with E-state index >= 15 is 0 Å². The molecular formula is C20H31N5O2. The molecule has 0 aliphatic carbocycles. The summed E-state index contributed by atoms with van der Waals surface area (Å²) in [7, 11) is 5.59. The monoisotopic (exact) mass is 373 g/mol. The normalized spacial score (nSPS) is 22.7. The van der Waals surface area contributed by atoms with E-state index in [0.29, 0.717) is 18.5 Å². The molecule has 0 saturated carbocycles. The van der Waals surface area contributed by atoms with Gasteiger partial charge in [-0.1, -0.05) is 12.1 Å². The number of likely N-dealkylation sites (N-methyl/N-ethyl adjacent to an activating group) is 1. The van der Waals surface area contributed by atoms with E-state index in [2.05, 4.69) is 26.6 Å². The van der Waals surface area contributed by atoms with Crippen LogP contribution in [0.3, 0.4) is 0 Å². The second-order valence-electron chi connectivity index (χ2n) is 7.86. The number of likely N-dealkylation sites (tertiary alicyclic amines) is 1. The van der Waals surface area contributed by atoms with Crippen molar-refractivity contribution < 1.29 is 9.53 Å². The smallest absolute Gasteiger partial charge is 0.238 e. The van der Waals surface area contributed by atoms with Crippen LogP contribution in [0, 0.1) is 5.41 Å². The molecule has 1 amide bonds. The van der Waals surface area contributed by atoms with Crippen molar-refractivity contribution in [3.8, 4) is 0 Å². The number of nitrogens with zero attached hydrogens (tertiary/aromatic N) is 3. The highest BCUT2D eigenvalue weighted by Crippen LogP contribution is 2.38. The lowest BCUT2D eigenvalue weighted by Crippen LogP contribution is -2.41. The van der Waals surface area contributed by atoms with Gasteiger partial charge < -0.3 is 25.2 Å². The maximum Gasteiger partial charge on any atom is 0.238 e. The van der Waals surface area contributed by atoms with Gasteiger partial charge in [0.2, 0.25) is 5.91 Å². The van der Waals surface area contributed by atoms with E-state index in [1.807, 2.05) is 44.2 Å². The SMILES string of the molecule is CN=C(NCc1cccc(NC(=O)CN(C)C)c1)N1CCC2(CCOC2)C1. The number of carbonyl (C=O) groups is 1. The number of nitrogens with one attached hydrogen (secondary N) is 2. The molecule has 1 spiro atoms. The molecule has 27 heavy (non-hydrogen) atoms. The Balaban J connectivity index is 1.54. The van der Waals surface area contributed by atoms with Gasteiger partial charge in [0, 0.05) is 44.4 Å². The van der Waals surface area contributed by atoms with Gasteiger partial charge in [-0.2, -0.15) is 0 Å². The van der Waals surface area contributed by atoms with Gasteiger partial charge in [-0.3, -0.25) is 9.79 Å². The predicted molar refractivity (Wildman–Crippen MR) is 108 cm³/mol. The maximum absolute atomic E-state index is 11.9. The Bertz CT molecular complexity index is 683. The summed E-state index contributed by atoms with van der Waals surface area (Å²) < 4.78 is 5.62. The van der Waals surface area contributed by atoms with E-state index in [-0.39, 0.29) is 5.91 Å². The first-order chi connectivity index (χ1) is 13.0. The molecule has 3 rings (SSSR count). The highest BCUT2D eigenvalue weighted by atomic mass is 16.5. The standard InChI is InChI=1S/C20H31N5O2/c1-21-19(25-9-7-20(14-25)8-10-27-15-20)22-12-16-5-4-6-17(11-16)23-18(26)13-24(2)3/h4-6,11H,7-10,12-15H2,1-3H3,(H,21,22)(H,23,26). The Morgan fingerprint density at radius 1 is 1.37 bits per heavy atom. The first-order valence-electron chi connectivity index (χ1n) is 9.57. The van der Waals surface area contributed by atoms with Gasteiger partial charge in [0.15, 0.2) is 5.96 Å². The third kappa shape index (κ3) is 5.20. The molecule has 2 N–H and O–H groups in total.